The zero-order valence-corrected chi connectivity index (χ0v) is 8.11. The van der Waals surface area contributed by atoms with E-state index in [1.165, 1.54) is 18.4 Å². The molecule has 72 valence electrons. The van der Waals surface area contributed by atoms with Crippen LogP contribution in [0.15, 0.2) is 24.3 Å². The smallest absolute Gasteiger partial charge is 0.0620 e. The number of hydrogen-bond donors (Lipinski definition) is 1. The molecule has 0 aliphatic heterocycles. The second-order valence-electron chi connectivity index (χ2n) is 5.20. The fraction of sp³-hybridized carbons (Fsp3) is 0.538. The molecule has 1 nitrogen and oxygen atoms in total. The van der Waals surface area contributed by atoms with E-state index in [2.05, 4.69) is 24.3 Å². The fourth-order valence-electron chi connectivity index (χ4n) is 4.08. The minimum Gasteiger partial charge on any atom is -0.392 e. The predicted molar refractivity (Wildman–Crippen MR) is 54.2 cm³/mol. The Kier molecular flexibility index (Phi) is 1.10. The maximum absolute atomic E-state index is 10.0. The van der Waals surface area contributed by atoms with E-state index in [4.69, 9.17) is 0 Å². The van der Waals surface area contributed by atoms with Gasteiger partial charge in [-0.1, -0.05) is 24.3 Å². The Labute approximate surface area is 83.8 Å². The summed E-state index contributed by atoms with van der Waals surface area (Å²) >= 11 is 0. The lowest BCUT2D eigenvalue weighted by Gasteiger charge is -2.19. The van der Waals surface area contributed by atoms with Crippen LogP contribution in [-0.4, -0.2) is 11.2 Å². The van der Waals surface area contributed by atoms with Crippen LogP contribution < -0.4 is 0 Å². The summed E-state index contributed by atoms with van der Waals surface area (Å²) in [5.74, 6) is 1.15. The summed E-state index contributed by atoms with van der Waals surface area (Å²) in [4.78, 5) is 0. The van der Waals surface area contributed by atoms with Crippen LogP contribution in [0.1, 0.15) is 42.2 Å². The van der Waals surface area contributed by atoms with Crippen molar-refractivity contribution < 1.29 is 5.11 Å². The van der Waals surface area contributed by atoms with Gasteiger partial charge in [0.1, 0.15) is 0 Å². The molecule has 3 aliphatic rings. The predicted octanol–water partition coefficient (Wildman–Crippen LogP) is 2.41. The van der Waals surface area contributed by atoms with E-state index < -0.39 is 0 Å². The van der Waals surface area contributed by atoms with Crippen LogP contribution in [0.3, 0.4) is 0 Å². The van der Waals surface area contributed by atoms with Crippen molar-refractivity contribution >= 4 is 0 Å². The molecule has 0 radical (unpaired) electrons. The topological polar surface area (TPSA) is 20.2 Å². The molecular weight excluding hydrogens is 172 g/mol. The van der Waals surface area contributed by atoms with E-state index in [1.807, 2.05) is 0 Å². The van der Waals surface area contributed by atoms with Gasteiger partial charge in [-0.2, -0.15) is 0 Å². The van der Waals surface area contributed by atoms with Gasteiger partial charge in [0.2, 0.25) is 0 Å². The van der Waals surface area contributed by atoms with E-state index in [0.717, 1.165) is 6.42 Å². The van der Waals surface area contributed by atoms with Gasteiger partial charge in [-0.3, -0.25) is 0 Å². The summed E-state index contributed by atoms with van der Waals surface area (Å²) in [5.41, 5.74) is 3.50. The van der Waals surface area contributed by atoms with Crippen LogP contribution in [-0.2, 0) is 0 Å². The average molecular weight is 186 g/mol. The van der Waals surface area contributed by atoms with Crippen LogP contribution in [0.5, 0.6) is 0 Å². The van der Waals surface area contributed by atoms with Gasteiger partial charge in [0.15, 0.2) is 0 Å². The molecule has 0 aromatic heterocycles. The van der Waals surface area contributed by atoms with Crippen LogP contribution in [0.25, 0.3) is 0 Å². The zero-order valence-electron chi connectivity index (χ0n) is 8.11. The molecule has 14 heavy (non-hydrogen) atoms. The maximum atomic E-state index is 10.0. The molecule has 3 aliphatic carbocycles. The summed E-state index contributed by atoms with van der Waals surface area (Å²) in [7, 11) is 0. The van der Waals surface area contributed by atoms with Crippen LogP contribution >= 0.6 is 0 Å². The van der Waals surface area contributed by atoms with E-state index in [0.29, 0.717) is 17.3 Å². The van der Waals surface area contributed by atoms with Crippen molar-refractivity contribution in [2.75, 3.05) is 0 Å². The first-order chi connectivity index (χ1) is 6.83. The summed E-state index contributed by atoms with van der Waals surface area (Å²) in [5, 5.41) is 10.0. The molecule has 0 amide bonds. The summed E-state index contributed by atoms with van der Waals surface area (Å²) in [6, 6.07) is 8.75. The number of aliphatic hydroxyl groups is 1. The number of benzene rings is 1. The highest BCUT2D eigenvalue weighted by molar-refractivity contribution is 5.49. The number of rotatable bonds is 0. The van der Waals surface area contributed by atoms with Gasteiger partial charge < -0.3 is 5.11 Å². The molecular formula is C13H14O. The molecule has 0 saturated heterocycles. The van der Waals surface area contributed by atoms with Gasteiger partial charge in [0.25, 0.3) is 0 Å². The Morgan fingerprint density at radius 1 is 1.14 bits per heavy atom. The van der Waals surface area contributed by atoms with Crippen molar-refractivity contribution in [3.63, 3.8) is 0 Å². The Balaban J connectivity index is 1.98. The Bertz CT molecular complexity index is 405. The van der Waals surface area contributed by atoms with E-state index >= 15 is 0 Å². The zero-order chi connectivity index (χ0) is 9.34. The highest BCUT2D eigenvalue weighted by atomic mass is 16.3. The van der Waals surface area contributed by atoms with Crippen molar-refractivity contribution in [2.24, 2.45) is 5.41 Å². The minimum absolute atomic E-state index is 0.0580. The van der Waals surface area contributed by atoms with Gasteiger partial charge >= 0.3 is 0 Å². The number of fused-ring (bicyclic) bond motifs is 3. The quantitative estimate of drug-likeness (QED) is 0.659. The molecule has 2 saturated carbocycles. The Morgan fingerprint density at radius 3 is 2.57 bits per heavy atom. The first kappa shape index (κ1) is 7.47. The molecule has 2 fully saturated rings. The molecule has 1 spiro atoms. The van der Waals surface area contributed by atoms with Gasteiger partial charge in [-0.15, -0.1) is 0 Å². The SMILES string of the molecule is OC1CC2c3ccccc3C1C21CC1. The summed E-state index contributed by atoms with van der Waals surface area (Å²) in [6.45, 7) is 0. The maximum Gasteiger partial charge on any atom is 0.0620 e. The summed E-state index contributed by atoms with van der Waals surface area (Å²) in [6.07, 6.45) is 3.64. The van der Waals surface area contributed by atoms with Crippen LogP contribution in [0.4, 0.5) is 0 Å². The van der Waals surface area contributed by atoms with Gasteiger partial charge in [-0.05, 0) is 41.7 Å². The third-order valence-electron chi connectivity index (χ3n) is 4.71. The summed E-state index contributed by atoms with van der Waals surface area (Å²) < 4.78 is 0. The third kappa shape index (κ3) is 0.621. The lowest BCUT2D eigenvalue weighted by molar-refractivity contribution is 0.150. The minimum atomic E-state index is -0.0580. The second-order valence-corrected chi connectivity index (χ2v) is 5.20. The largest absolute Gasteiger partial charge is 0.392 e. The molecule has 3 atom stereocenters. The monoisotopic (exact) mass is 186 g/mol. The Morgan fingerprint density at radius 2 is 1.86 bits per heavy atom. The van der Waals surface area contributed by atoms with Gasteiger partial charge in [0, 0.05) is 5.92 Å². The highest BCUT2D eigenvalue weighted by Crippen LogP contribution is 2.75. The lowest BCUT2D eigenvalue weighted by atomic mass is 9.90. The van der Waals surface area contributed by atoms with Gasteiger partial charge in [-0.25, -0.2) is 0 Å². The van der Waals surface area contributed by atoms with Gasteiger partial charge in [0.05, 0.1) is 6.10 Å². The molecule has 2 bridgehead atoms. The molecule has 4 rings (SSSR count). The second kappa shape index (κ2) is 2.06. The van der Waals surface area contributed by atoms with Crippen LogP contribution in [0, 0.1) is 5.41 Å². The first-order valence-electron chi connectivity index (χ1n) is 5.60. The van der Waals surface area contributed by atoms with E-state index in [-0.39, 0.29) is 6.10 Å². The van der Waals surface area contributed by atoms with Crippen molar-refractivity contribution in [1.29, 1.82) is 0 Å². The van der Waals surface area contributed by atoms with Crippen molar-refractivity contribution in [1.82, 2.24) is 0 Å². The molecule has 1 aromatic carbocycles. The van der Waals surface area contributed by atoms with Crippen molar-refractivity contribution in [3.8, 4) is 0 Å². The number of aliphatic hydroxyl groups excluding tert-OH is 1. The molecule has 1 heteroatoms. The first-order valence-corrected chi connectivity index (χ1v) is 5.60. The van der Waals surface area contributed by atoms with Crippen molar-refractivity contribution in [3.05, 3.63) is 35.4 Å². The average Bonchev–Trinajstić information content (AvgIpc) is 2.85. The molecule has 0 heterocycles. The van der Waals surface area contributed by atoms with Crippen molar-refractivity contribution in [2.45, 2.75) is 37.2 Å². The lowest BCUT2D eigenvalue weighted by Crippen LogP contribution is -2.16. The molecule has 1 N–H and O–H groups in total. The number of hydrogen-bond acceptors (Lipinski definition) is 1. The van der Waals surface area contributed by atoms with Crippen LogP contribution in [0.2, 0.25) is 0 Å². The normalized spacial score (nSPS) is 40.2. The van der Waals surface area contributed by atoms with E-state index in [9.17, 15) is 5.11 Å². The Hall–Kier alpha value is -0.820. The molecule has 1 aromatic rings. The van der Waals surface area contributed by atoms with E-state index in [1.54, 1.807) is 5.56 Å². The third-order valence-corrected chi connectivity index (χ3v) is 4.71. The fourth-order valence-corrected chi connectivity index (χ4v) is 4.08. The highest BCUT2D eigenvalue weighted by Gasteiger charge is 2.66. The molecule has 3 unspecified atom stereocenters. The standard InChI is InChI=1S/C13H14O/c14-11-7-10-8-3-1-2-4-9(8)12(11)13(10)5-6-13/h1-4,10-12,14H,5-7H2.